The number of nitrogens with zero attached hydrogens (tertiary/aromatic N) is 2. The van der Waals surface area contributed by atoms with Gasteiger partial charge >= 0.3 is 0 Å². The predicted molar refractivity (Wildman–Crippen MR) is 121 cm³/mol. The molecule has 0 unspecified atom stereocenters. The summed E-state index contributed by atoms with van der Waals surface area (Å²) >= 11 is 7.24. The molecule has 0 atom stereocenters. The molecule has 0 spiro atoms. The highest BCUT2D eigenvalue weighted by molar-refractivity contribution is 7.14. The number of nitrogens with one attached hydrogen (secondary N) is 1. The number of rotatable bonds is 8. The van der Waals surface area contributed by atoms with Gasteiger partial charge in [-0.2, -0.15) is 0 Å². The molecule has 0 bridgehead atoms. The van der Waals surface area contributed by atoms with E-state index in [9.17, 15) is 4.79 Å². The second-order valence-corrected chi connectivity index (χ2v) is 7.85. The van der Waals surface area contributed by atoms with Crippen molar-refractivity contribution in [3.63, 3.8) is 0 Å². The van der Waals surface area contributed by atoms with Gasteiger partial charge in [0.05, 0.1) is 5.69 Å². The molecule has 0 radical (unpaired) electrons. The molecule has 1 aromatic heterocycles. The van der Waals surface area contributed by atoms with Crippen molar-refractivity contribution in [3.8, 4) is 17.0 Å². The van der Waals surface area contributed by atoms with Crippen LogP contribution in [-0.2, 0) is 4.79 Å². The Morgan fingerprint density at radius 1 is 1.21 bits per heavy atom. The molecule has 150 valence electrons. The van der Waals surface area contributed by atoms with Crippen molar-refractivity contribution < 1.29 is 9.53 Å². The zero-order valence-electron chi connectivity index (χ0n) is 16.3. The van der Waals surface area contributed by atoms with E-state index < -0.39 is 0 Å². The molecule has 0 aliphatic carbocycles. The Morgan fingerprint density at radius 2 is 1.97 bits per heavy atom. The number of benzene rings is 2. The van der Waals surface area contributed by atoms with Crippen molar-refractivity contribution in [1.29, 1.82) is 0 Å². The Bertz CT molecular complexity index is 984. The zero-order chi connectivity index (χ0) is 20.6. The van der Waals surface area contributed by atoms with Crippen molar-refractivity contribution in [3.05, 3.63) is 70.6 Å². The molecule has 1 amide bonds. The molecule has 0 fully saturated rings. The third-order valence-electron chi connectivity index (χ3n) is 3.99. The number of halogens is 1. The van der Waals surface area contributed by atoms with Crippen LogP contribution in [0.2, 0.25) is 5.02 Å². The van der Waals surface area contributed by atoms with E-state index in [1.54, 1.807) is 18.2 Å². The van der Waals surface area contributed by atoms with Crippen LogP contribution in [0.5, 0.6) is 5.75 Å². The summed E-state index contributed by atoms with van der Waals surface area (Å²) < 4.78 is 5.90. The van der Waals surface area contributed by atoms with E-state index >= 15 is 0 Å². The maximum absolute atomic E-state index is 12.2. The van der Waals surface area contributed by atoms with E-state index in [2.05, 4.69) is 15.2 Å². The SMILES string of the molecule is CN(C)CCOc1ccccc1-c1csc(NC(=O)/C=C/c2ccc(Cl)cc2)n1. The number of ether oxygens (including phenoxy) is 1. The predicted octanol–water partition coefficient (Wildman–Crippen LogP) is 5.06. The average molecular weight is 428 g/mol. The molecule has 3 aromatic rings. The molecule has 0 aliphatic rings. The first-order valence-electron chi connectivity index (χ1n) is 9.08. The number of hydrogen-bond acceptors (Lipinski definition) is 5. The highest BCUT2D eigenvalue weighted by Crippen LogP contribution is 2.32. The van der Waals surface area contributed by atoms with Gasteiger partial charge in [0, 0.05) is 28.6 Å². The number of carbonyl (C=O) groups excluding carboxylic acids is 1. The van der Waals surface area contributed by atoms with Crippen LogP contribution < -0.4 is 10.1 Å². The lowest BCUT2D eigenvalue weighted by Crippen LogP contribution is -2.19. The summed E-state index contributed by atoms with van der Waals surface area (Å²) in [7, 11) is 4.01. The summed E-state index contributed by atoms with van der Waals surface area (Å²) in [5, 5.41) is 5.90. The fourth-order valence-electron chi connectivity index (χ4n) is 2.49. The lowest BCUT2D eigenvalue weighted by molar-refractivity contribution is -0.111. The molecule has 29 heavy (non-hydrogen) atoms. The summed E-state index contributed by atoms with van der Waals surface area (Å²) in [5.74, 6) is 0.538. The number of carbonyl (C=O) groups is 1. The van der Waals surface area contributed by atoms with Gasteiger partial charge in [-0.15, -0.1) is 11.3 Å². The molecule has 2 aromatic carbocycles. The van der Waals surface area contributed by atoms with Crippen LogP contribution in [0.1, 0.15) is 5.56 Å². The van der Waals surface area contributed by atoms with E-state index in [1.165, 1.54) is 17.4 Å². The Morgan fingerprint density at radius 3 is 2.72 bits per heavy atom. The minimum Gasteiger partial charge on any atom is -0.492 e. The first kappa shape index (κ1) is 21.0. The van der Waals surface area contributed by atoms with Gasteiger partial charge in [0.2, 0.25) is 5.91 Å². The maximum Gasteiger partial charge on any atom is 0.250 e. The topological polar surface area (TPSA) is 54.5 Å². The third kappa shape index (κ3) is 6.42. The van der Waals surface area contributed by atoms with Crippen molar-refractivity contribution >= 4 is 40.1 Å². The third-order valence-corrected chi connectivity index (χ3v) is 5.00. The minimum absolute atomic E-state index is 0.239. The first-order valence-corrected chi connectivity index (χ1v) is 10.3. The fourth-order valence-corrected chi connectivity index (χ4v) is 3.33. The molecular weight excluding hydrogens is 406 g/mol. The summed E-state index contributed by atoms with van der Waals surface area (Å²) in [6.45, 7) is 1.42. The lowest BCUT2D eigenvalue weighted by Gasteiger charge is -2.13. The van der Waals surface area contributed by atoms with Crippen molar-refractivity contribution in [1.82, 2.24) is 9.88 Å². The van der Waals surface area contributed by atoms with Crippen molar-refractivity contribution in [2.75, 3.05) is 32.6 Å². The van der Waals surface area contributed by atoms with Crippen LogP contribution in [0.3, 0.4) is 0 Å². The van der Waals surface area contributed by atoms with Gasteiger partial charge in [0.25, 0.3) is 0 Å². The molecular formula is C22H22ClN3O2S. The van der Waals surface area contributed by atoms with E-state index in [0.717, 1.165) is 29.1 Å². The van der Waals surface area contributed by atoms with Gasteiger partial charge in [0.15, 0.2) is 5.13 Å². The number of aromatic nitrogens is 1. The Balaban J connectivity index is 1.65. The van der Waals surface area contributed by atoms with Gasteiger partial charge < -0.3 is 9.64 Å². The van der Waals surface area contributed by atoms with Crippen LogP contribution in [0.15, 0.2) is 60.0 Å². The van der Waals surface area contributed by atoms with Crippen LogP contribution >= 0.6 is 22.9 Å². The largest absolute Gasteiger partial charge is 0.492 e. The monoisotopic (exact) mass is 427 g/mol. The molecule has 0 saturated carbocycles. The number of hydrogen-bond donors (Lipinski definition) is 1. The number of para-hydroxylation sites is 1. The van der Waals surface area contributed by atoms with E-state index in [-0.39, 0.29) is 5.91 Å². The van der Waals surface area contributed by atoms with Gasteiger partial charge in [-0.25, -0.2) is 4.98 Å². The molecule has 3 rings (SSSR count). The summed E-state index contributed by atoms with van der Waals surface area (Å²) in [6.07, 6.45) is 3.21. The van der Waals surface area contributed by atoms with Crippen molar-refractivity contribution in [2.45, 2.75) is 0 Å². The summed E-state index contributed by atoms with van der Waals surface area (Å²) in [4.78, 5) is 18.8. The molecule has 7 heteroatoms. The number of anilines is 1. The maximum atomic E-state index is 12.2. The number of likely N-dealkylation sites (N-methyl/N-ethyl adjacent to an activating group) is 1. The van der Waals surface area contributed by atoms with Crippen LogP contribution in [0.25, 0.3) is 17.3 Å². The van der Waals surface area contributed by atoms with Gasteiger partial charge in [0.1, 0.15) is 12.4 Å². The van der Waals surface area contributed by atoms with Gasteiger partial charge in [-0.3, -0.25) is 10.1 Å². The first-order chi connectivity index (χ1) is 14.0. The van der Waals surface area contributed by atoms with E-state index in [4.69, 9.17) is 16.3 Å². The van der Waals surface area contributed by atoms with Gasteiger partial charge in [-0.1, -0.05) is 35.9 Å². The number of thiazole rings is 1. The molecule has 0 aliphatic heterocycles. The quantitative estimate of drug-likeness (QED) is 0.511. The second kappa shape index (κ2) is 10.2. The Kier molecular flexibility index (Phi) is 7.41. The normalized spacial score (nSPS) is 11.2. The second-order valence-electron chi connectivity index (χ2n) is 6.56. The lowest BCUT2D eigenvalue weighted by atomic mass is 10.1. The molecule has 0 saturated heterocycles. The molecule has 5 nitrogen and oxygen atoms in total. The minimum atomic E-state index is -0.239. The van der Waals surface area contributed by atoms with E-state index in [1.807, 2.05) is 55.9 Å². The van der Waals surface area contributed by atoms with Crippen LogP contribution in [-0.4, -0.2) is 43.0 Å². The smallest absolute Gasteiger partial charge is 0.250 e. The average Bonchev–Trinajstić information content (AvgIpc) is 3.16. The standard InChI is InChI=1S/C22H22ClN3O2S/c1-26(2)13-14-28-20-6-4-3-5-18(20)19-15-29-22(24-19)25-21(27)12-9-16-7-10-17(23)11-8-16/h3-12,15H,13-14H2,1-2H3,(H,24,25,27)/b12-9+. The summed E-state index contributed by atoms with van der Waals surface area (Å²) in [6, 6.07) is 15.0. The Labute approximate surface area is 179 Å². The molecule has 1 heterocycles. The van der Waals surface area contributed by atoms with E-state index in [0.29, 0.717) is 16.8 Å². The van der Waals surface area contributed by atoms with Crippen molar-refractivity contribution in [2.24, 2.45) is 0 Å². The Hall–Kier alpha value is -2.67. The highest BCUT2D eigenvalue weighted by Gasteiger charge is 2.11. The van der Waals surface area contributed by atoms with Gasteiger partial charge in [-0.05, 0) is 50.0 Å². The zero-order valence-corrected chi connectivity index (χ0v) is 17.8. The summed E-state index contributed by atoms with van der Waals surface area (Å²) in [5.41, 5.74) is 2.57. The van der Waals surface area contributed by atoms with Crippen LogP contribution in [0.4, 0.5) is 5.13 Å². The molecule has 1 N–H and O–H groups in total. The van der Waals surface area contributed by atoms with Crippen LogP contribution in [0, 0.1) is 0 Å². The number of amides is 1. The highest BCUT2D eigenvalue weighted by atomic mass is 35.5. The fraction of sp³-hybridized carbons (Fsp3) is 0.182.